The van der Waals surface area contributed by atoms with Crippen LogP contribution in [-0.2, 0) is 6.42 Å². The zero-order valence-corrected chi connectivity index (χ0v) is 13.6. The number of hydrogen-bond donors (Lipinski definition) is 1. The summed E-state index contributed by atoms with van der Waals surface area (Å²) in [5.74, 6) is 1.97. The number of hydrogen-bond acceptors (Lipinski definition) is 2. The van der Waals surface area contributed by atoms with Gasteiger partial charge < -0.3 is 9.84 Å². The number of phenols is 1. The van der Waals surface area contributed by atoms with Gasteiger partial charge in [-0.3, -0.25) is 0 Å². The molecule has 0 fully saturated rings. The summed E-state index contributed by atoms with van der Waals surface area (Å²) in [7, 11) is 0. The molecule has 0 saturated carbocycles. The number of aryl methyl sites for hydroxylation is 1. The quantitative estimate of drug-likeness (QED) is 0.837. The summed E-state index contributed by atoms with van der Waals surface area (Å²) in [6, 6.07) is 3.52. The molecule has 2 nitrogen and oxygen atoms in total. The number of phenolic OH excluding ortho intramolecular Hbond substituents is 1. The van der Waals surface area contributed by atoms with Gasteiger partial charge in [-0.05, 0) is 72.2 Å². The number of ether oxygens (including phenoxy) is 1. The van der Waals surface area contributed by atoms with Gasteiger partial charge in [-0.1, -0.05) is 20.3 Å². The zero-order valence-electron chi connectivity index (χ0n) is 12.0. The molecule has 1 aliphatic heterocycles. The van der Waals surface area contributed by atoms with E-state index in [2.05, 4.69) is 36.7 Å². The van der Waals surface area contributed by atoms with Gasteiger partial charge in [-0.15, -0.1) is 0 Å². The van der Waals surface area contributed by atoms with E-state index in [1.54, 1.807) is 6.07 Å². The van der Waals surface area contributed by atoms with Crippen molar-refractivity contribution in [1.82, 2.24) is 0 Å². The molecule has 1 unspecified atom stereocenters. The normalized spacial score (nSPS) is 22.2. The first kappa shape index (κ1) is 14.7. The average molecular weight is 327 g/mol. The maximum Gasteiger partial charge on any atom is 0.137 e. The lowest BCUT2D eigenvalue weighted by Gasteiger charge is -2.36. The molecule has 0 amide bonds. The number of benzene rings is 1. The highest BCUT2D eigenvalue weighted by Gasteiger charge is 2.32. The Bertz CT molecular complexity index is 456. The minimum atomic E-state index is -0.0681. The van der Waals surface area contributed by atoms with Crippen LogP contribution in [0.3, 0.4) is 0 Å². The van der Waals surface area contributed by atoms with E-state index in [1.807, 2.05) is 6.07 Å². The fourth-order valence-corrected chi connectivity index (χ4v) is 3.26. The largest absolute Gasteiger partial charge is 0.508 e. The molecule has 0 saturated heterocycles. The fourth-order valence-electron chi connectivity index (χ4n) is 2.69. The molecule has 1 aromatic carbocycles. The summed E-state index contributed by atoms with van der Waals surface area (Å²) in [4.78, 5) is 0. The lowest BCUT2D eigenvalue weighted by Crippen LogP contribution is -2.36. The second-order valence-electron chi connectivity index (χ2n) is 6.25. The molecule has 1 heterocycles. The summed E-state index contributed by atoms with van der Waals surface area (Å²) in [5.41, 5.74) is 1.04. The molecule has 1 N–H and O–H groups in total. The van der Waals surface area contributed by atoms with Crippen LogP contribution in [0.25, 0.3) is 0 Å². The molecule has 0 radical (unpaired) electrons. The molecule has 1 aromatic rings. The standard InChI is InChI=1S/C16H23BrO2/c1-11(2)5-4-7-16(3)8-6-12-9-13(18)10-14(17)15(12)19-16/h9-11,18H,4-8H2,1-3H3. The smallest absolute Gasteiger partial charge is 0.137 e. The van der Waals surface area contributed by atoms with Crippen LogP contribution in [0.4, 0.5) is 0 Å². The Labute approximate surface area is 124 Å². The maximum atomic E-state index is 9.62. The van der Waals surface area contributed by atoms with E-state index >= 15 is 0 Å². The van der Waals surface area contributed by atoms with Crippen LogP contribution < -0.4 is 4.74 Å². The summed E-state index contributed by atoms with van der Waals surface area (Å²) in [6.07, 6.45) is 5.55. The third kappa shape index (κ3) is 3.65. The second kappa shape index (κ2) is 5.74. The van der Waals surface area contributed by atoms with Crippen molar-refractivity contribution in [3.05, 3.63) is 22.2 Å². The summed E-state index contributed by atoms with van der Waals surface area (Å²) >= 11 is 3.49. The van der Waals surface area contributed by atoms with E-state index in [9.17, 15) is 5.11 Å². The van der Waals surface area contributed by atoms with Gasteiger partial charge in [0.05, 0.1) is 4.47 Å². The summed E-state index contributed by atoms with van der Waals surface area (Å²) in [5, 5.41) is 9.62. The Morgan fingerprint density at radius 2 is 2.16 bits per heavy atom. The third-order valence-electron chi connectivity index (χ3n) is 3.86. The first-order valence-corrected chi connectivity index (χ1v) is 7.89. The molecule has 19 heavy (non-hydrogen) atoms. The van der Waals surface area contributed by atoms with Gasteiger partial charge in [-0.25, -0.2) is 0 Å². The Morgan fingerprint density at radius 3 is 2.84 bits per heavy atom. The van der Waals surface area contributed by atoms with Crippen LogP contribution in [0.2, 0.25) is 0 Å². The van der Waals surface area contributed by atoms with Crippen LogP contribution in [-0.4, -0.2) is 10.7 Å². The van der Waals surface area contributed by atoms with Gasteiger partial charge in [0, 0.05) is 0 Å². The first-order chi connectivity index (χ1) is 8.89. The molecule has 0 aromatic heterocycles. The van der Waals surface area contributed by atoms with Crippen molar-refractivity contribution in [2.75, 3.05) is 0 Å². The zero-order chi connectivity index (χ0) is 14.0. The first-order valence-electron chi connectivity index (χ1n) is 7.10. The van der Waals surface area contributed by atoms with Crippen LogP contribution in [0.1, 0.15) is 52.0 Å². The van der Waals surface area contributed by atoms with E-state index in [4.69, 9.17) is 4.74 Å². The highest BCUT2D eigenvalue weighted by molar-refractivity contribution is 9.10. The van der Waals surface area contributed by atoms with Crippen molar-refractivity contribution in [2.45, 2.75) is 58.5 Å². The molecule has 3 heteroatoms. The van der Waals surface area contributed by atoms with Gasteiger partial charge in [0.15, 0.2) is 0 Å². The van der Waals surface area contributed by atoms with Crippen molar-refractivity contribution in [3.63, 3.8) is 0 Å². The monoisotopic (exact) mass is 326 g/mol. The second-order valence-corrected chi connectivity index (χ2v) is 7.11. The predicted molar refractivity (Wildman–Crippen MR) is 81.8 cm³/mol. The molecular weight excluding hydrogens is 304 g/mol. The van der Waals surface area contributed by atoms with Crippen molar-refractivity contribution in [3.8, 4) is 11.5 Å². The van der Waals surface area contributed by atoms with Crippen molar-refractivity contribution in [2.24, 2.45) is 5.92 Å². The molecular formula is C16H23BrO2. The molecule has 0 aliphatic carbocycles. The van der Waals surface area contributed by atoms with Gasteiger partial charge in [0.2, 0.25) is 0 Å². The number of halogens is 1. The number of rotatable bonds is 4. The lowest BCUT2D eigenvalue weighted by atomic mass is 9.87. The van der Waals surface area contributed by atoms with Crippen LogP contribution in [0, 0.1) is 5.92 Å². The van der Waals surface area contributed by atoms with E-state index in [0.717, 1.165) is 41.0 Å². The summed E-state index contributed by atoms with van der Waals surface area (Å²) < 4.78 is 7.09. The van der Waals surface area contributed by atoms with Gasteiger partial charge in [0.1, 0.15) is 17.1 Å². The molecule has 0 spiro atoms. The van der Waals surface area contributed by atoms with E-state index in [-0.39, 0.29) is 5.60 Å². The van der Waals surface area contributed by atoms with E-state index in [1.165, 1.54) is 12.8 Å². The van der Waals surface area contributed by atoms with Crippen LogP contribution in [0.5, 0.6) is 11.5 Å². The van der Waals surface area contributed by atoms with Crippen LogP contribution >= 0.6 is 15.9 Å². The average Bonchev–Trinajstić information content (AvgIpc) is 2.30. The highest BCUT2D eigenvalue weighted by atomic mass is 79.9. The number of fused-ring (bicyclic) bond motifs is 1. The maximum absolute atomic E-state index is 9.62. The molecule has 1 aliphatic rings. The predicted octanol–water partition coefficient (Wildman–Crippen LogP) is 5.06. The molecule has 106 valence electrons. The van der Waals surface area contributed by atoms with Gasteiger partial charge >= 0.3 is 0 Å². The Kier molecular flexibility index (Phi) is 4.44. The van der Waals surface area contributed by atoms with E-state index in [0.29, 0.717) is 5.75 Å². The lowest BCUT2D eigenvalue weighted by molar-refractivity contribution is 0.0517. The Balaban J connectivity index is 2.08. The Morgan fingerprint density at radius 1 is 1.42 bits per heavy atom. The number of aromatic hydroxyl groups is 1. The van der Waals surface area contributed by atoms with Crippen molar-refractivity contribution < 1.29 is 9.84 Å². The minimum absolute atomic E-state index is 0.0681. The van der Waals surface area contributed by atoms with Crippen molar-refractivity contribution in [1.29, 1.82) is 0 Å². The fraction of sp³-hybridized carbons (Fsp3) is 0.625. The van der Waals surface area contributed by atoms with Crippen molar-refractivity contribution >= 4 is 15.9 Å². The highest BCUT2D eigenvalue weighted by Crippen LogP contribution is 2.42. The minimum Gasteiger partial charge on any atom is -0.508 e. The molecule has 0 bridgehead atoms. The van der Waals surface area contributed by atoms with Gasteiger partial charge in [-0.2, -0.15) is 0 Å². The Hall–Kier alpha value is -0.700. The topological polar surface area (TPSA) is 29.5 Å². The summed E-state index contributed by atoms with van der Waals surface area (Å²) in [6.45, 7) is 6.73. The SMILES string of the molecule is CC(C)CCCC1(C)CCc2cc(O)cc(Br)c2O1. The molecule has 1 atom stereocenters. The van der Waals surface area contributed by atoms with Crippen LogP contribution in [0.15, 0.2) is 16.6 Å². The van der Waals surface area contributed by atoms with E-state index < -0.39 is 0 Å². The third-order valence-corrected chi connectivity index (χ3v) is 4.45. The van der Waals surface area contributed by atoms with Gasteiger partial charge in [0.25, 0.3) is 0 Å². The molecule has 2 rings (SSSR count).